The van der Waals surface area contributed by atoms with E-state index in [1.165, 1.54) is 0 Å². The highest BCUT2D eigenvalue weighted by Gasteiger charge is 2.22. The minimum absolute atomic E-state index is 0.336. The van der Waals surface area contributed by atoms with Crippen LogP contribution in [-0.2, 0) is 12.1 Å². The molecule has 3 N–H and O–H groups in total. The Morgan fingerprint density at radius 1 is 1.10 bits per heavy atom. The molecule has 30 heavy (non-hydrogen) atoms. The normalized spacial score (nSPS) is 13.5. The van der Waals surface area contributed by atoms with Crippen molar-refractivity contribution >= 4 is 5.96 Å². The molecule has 7 heteroatoms. The highest BCUT2D eigenvalue weighted by Crippen LogP contribution is 2.19. The van der Waals surface area contributed by atoms with Gasteiger partial charge in [-0.3, -0.25) is 0 Å². The second-order valence-electron chi connectivity index (χ2n) is 7.14. The monoisotopic (exact) mass is 407 g/mol. The summed E-state index contributed by atoms with van der Waals surface area (Å²) < 4.78 is 7.00. The number of benzene rings is 2. The smallest absolute Gasteiger partial charge is 0.191 e. The Morgan fingerprint density at radius 3 is 2.50 bits per heavy atom. The van der Waals surface area contributed by atoms with Crippen molar-refractivity contribution < 1.29 is 9.84 Å². The van der Waals surface area contributed by atoms with Gasteiger partial charge in [-0.2, -0.15) is 5.10 Å². The quantitative estimate of drug-likeness (QED) is 0.395. The van der Waals surface area contributed by atoms with Crippen LogP contribution in [-0.4, -0.2) is 41.0 Å². The summed E-state index contributed by atoms with van der Waals surface area (Å²) in [6.45, 7) is 5.27. The van der Waals surface area contributed by atoms with E-state index in [2.05, 4.69) is 20.7 Å². The first-order valence-electron chi connectivity index (χ1n) is 10.0. The molecule has 1 atom stereocenters. The summed E-state index contributed by atoms with van der Waals surface area (Å²) in [6, 6.07) is 19.3. The second-order valence-corrected chi connectivity index (χ2v) is 7.14. The molecule has 3 aromatic rings. The van der Waals surface area contributed by atoms with E-state index >= 15 is 0 Å². The van der Waals surface area contributed by atoms with Gasteiger partial charge in [0.25, 0.3) is 0 Å². The SMILES string of the molecule is CCNC(=NCc1ccn(-c2ccc(OC)cc2)n1)NCC(C)(O)c1ccccc1. The first kappa shape index (κ1) is 21.4. The number of rotatable bonds is 8. The molecule has 1 unspecified atom stereocenters. The first-order chi connectivity index (χ1) is 14.5. The van der Waals surface area contributed by atoms with E-state index in [4.69, 9.17) is 4.74 Å². The van der Waals surface area contributed by atoms with Crippen LogP contribution >= 0.6 is 0 Å². The van der Waals surface area contributed by atoms with Crippen molar-refractivity contribution in [1.29, 1.82) is 0 Å². The van der Waals surface area contributed by atoms with Gasteiger partial charge in [0.1, 0.15) is 11.4 Å². The maximum atomic E-state index is 10.8. The van der Waals surface area contributed by atoms with E-state index in [0.717, 1.165) is 29.2 Å². The van der Waals surface area contributed by atoms with Crippen molar-refractivity contribution in [2.24, 2.45) is 4.99 Å². The summed E-state index contributed by atoms with van der Waals surface area (Å²) in [5.74, 6) is 1.44. The number of guanidine groups is 1. The molecule has 3 rings (SSSR count). The van der Waals surface area contributed by atoms with Crippen LogP contribution in [0.2, 0.25) is 0 Å². The minimum atomic E-state index is -1.01. The number of nitrogens with zero attached hydrogens (tertiary/aromatic N) is 3. The fraction of sp³-hybridized carbons (Fsp3) is 0.304. The number of aromatic nitrogens is 2. The van der Waals surface area contributed by atoms with Gasteiger partial charge in [0.05, 0.1) is 31.6 Å². The van der Waals surface area contributed by atoms with Crippen LogP contribution in [0.4, 0.5) is 0 Å². The predicted molar refractivity (Wildman–Crippen MR) is 119 cm³/mol. The Labute approximate surface area is 177 Å². The Balaban J connectivity index is 1.64. The molecule has 0 saturated heterocycles. The Morgan fingerprint density at radius 2 is 1.83 bits per heavy atom. The molecule has 0 aliphatic rings. The summed E-state index contributed by atoms with van der Waals surface area (Å²) in [6.07, 6.45) is 1.91. The average molecular weight is 408 g/mol. The van der Waals surface area contributed by atoms with Crippen molar-refractivity contribution in [3.8, 4) is 11.4 Å². The topological polar surface area (TPSA) is 83.7 Å². The standard InChI is InChI=1S/C23H29N5O2/c1-4-24-22(26-17-23(2,29)18-8-6-5-7-9-18)25-16-19-14-15-28(27-19)20-10-12-21(30-3)13-11-20/h5-15,29H,4,16-17H2,1-3H3,(H2,24,25,26). The summed E-state index contributed by atoms with van der Waals surface area (Å²) in [5, 5.41) is 21.8. The third-order valence-electron chi connectivity index (χ3n) is 4.72. The number of ether oxygens (including phenoxy) is 1. The zero-order valence-corrected chi connectivity index (χ0v) is 17.7. The van der Waals surface area contributed by atoms with Gasteiger partial charge in [-0.1, -0.05) is 30.3 Å². The number of aliphatic imine (C=N–C) groups is 1. The summed E-state index contributed by atoms with van der Waals surface area (Å²) >= 11 is 0. The van der Waals surface area contributed by atoms with Crippen molar-refractivity contribution in [2.45, 2.75) is 26.0 Å². The zero-order valence-electron chi connectivity index (χ0n) is 17.7. The molecular formula is C23H29N5O2. The molecule has 1 aromatic heterocycles. The second kappa shape index (κ2) is 9.93. The minimum Gasteiger partial charge on any atom is -0.497 e. The molecular weight excluding hydrogens is 378 g/mol. The van der Waals surface area contributed by atoms with Gasteiger partial charge in [-0.25, -0.2) is 9.67 Å². The van der Waals surface area contributed by atoms with E-state index in [1.807, 2.05) is 78.5 Å². The highest BCUT2D eigenvalue weighted by molar-refractivity contribution is 5.79. The van der Waals surface area contributed by atoms with Crippen molar-refractivity contribution in [2.75, 3.05) is 20.2 Å². The first-order valence-corrected chi connectivity index (χ1v) is 10.0. The molecule has 0 fully saturated rings. The van der Waals surface area contributed by atoms with Gasteiger partial charge in [0.2, 0.25) is 0 Å². The van der Waals surface area contributed by atoms with Gasteiger partial charge >= 0.3 is 0 Å². The molecule has 0 aliphatic heterocycles. The number of hydrogen-bond acceptors (Lipinski definition) is 4. The van der Waals surface area contributed by atoms with Crippen molar-refractivity contribution in [3.63, 3.8) is 0 Å². The van der Waals surface area contributed by atoms with Crippen LogP contribution in [0.1, 0.15) is 25.1 Å². The Bertz CT molecular complexity index is 949. The van der Waals surface area contributed by atoms with Crippen LogP contribution < -0.4 is 15.4 Å². The fourth-order valence-corrected chi connectivity index (χ4v) is 2.98. The van der Waals surface area contributed by atoms with Crippen LogP contribution in [0, 0.1) is 0 Å². The maximum Gasteiger partial charge on any atom is 0.191 e. The lowest BCUT2D eigenvalue weighted by molar-refractivity contribution is 0.0617. The van der Waals surface area contributed by atoms with Gasteiger partial charge in [-0.15, -0.1) is 0 Å². The van der Waals surface area contributed by atoms with Gasteiger partial charge in [0.15, 0.2) is 5.96 Å². The fourth-order valence-electron chi connectivity index (χ4n) is 2.98. The third kappa shape index (κ3) is 5.61. The van der Waals surface area contributed by atoms with Crippen molar-refractivity contribution in [1.82, 2.24) is 20.4 Å². The largest absolute Gasteiger partial charge is 0.497 e. The summed E-state index contributed by atoms with van der Waals surface area (Å²) in [5.41, 5.74) is 1.65. The number of aliphatic hydroxyl groups is 1. The zero-order chi connectivity index (χ0) is 21.4. The number of hydrogen-bond donors (Lipinski definition) is 3. The molecule has 0 radical (unpaired) electrons. The Kier molecular flexibility index (Phi) is 7.08. The van der Waals surface area contributed by atoms with E-state index in [1.54, 1.807) is 14.0 Å². The predicted octanol–water partition coefficient (Wildman–Crippen LogP) is 2.84. The lowest BCUT2D eigenvalue weighted by Gasteiger charge is -2.25. The highest BCUT2D eigenvalue weighted by atomic mass is 16.5. The van der Waals surface area contributed by atoms with Gasteiger partial charge in [0, 0.05) is 12.7 Å². The van der Waals surface area contributed by atoms with E-state index in [9.17, 15) is 5.11 Å². The molecule has 0 amide bonds. The van der Waals surface area contributed by atoms with Gasteiger partial charge < -0.3 is 20.5 Å². The van der Waals surface area contributed by atoms with Crippen LogP contribution in [0.15, 0.2) is 71.9 Å². The number of nitrogens with one attached hydrogen (secondary N) is 2. The van der Waals surface area contributed by atoms with Crippen LogP contribution in [0.5, 0.6) is 5.75 Å². The molecule has 2 aromatic carbocycles. The number of methoxy groups -OCH3 is 1. The molecule has 0 aliphatic carbocycles. The molecule has 158 valence electrons. The summed E-state index contributed by atoms with van der Waals surface area (Å²) in [4.78, 5) is 4.60. The Hall–Kier alpha value is -3.32. The molecule has 0 bridgehead atoms. The maximum absolute atomic E-state index is 10.8. The van der Waals surface area contributed by atoms with E-state index < -0.39 is 5.60 Å². The molecule has 1 heterocycles. The van der Waals surface area contributed by atoms with E-state index in [-0.39, 0.29) is 0 Å². The van der Waals surface area contributed by atoms with Gasteiger partial charge in [-0.05, 0) is 49.7 Å². The van der Waals surface area contributed by atoms with E-state index in [0.29, 0.717) is 19.0 Å². The van der Waals surface area contributed by atoms with Crippen LogP contribution in [0.3, 0.4) is 0 Å². The van der Waals surface area contributed by atoms with Crippen LogP contribution in [0.25, 0.3) is 5.69 Å². The van der Waals surface area contributed by atoms with Crippen molar-refractivity contribution in [3.05, 3.63) is 78.1 Å². The lowest BCUT2D eigenvalue weighted by atomic mass is 9.96. The molecule has 0 spiro atoms. The molecule has 7 nitrogen and oxygen atoms in total. The lowest BCUT2D eigenvalue weighted by Crippen LogP contribution is -2.44. The third-order valence-corrected chi connectivity index (χ3v) is 4.72. The average Bonchev–Trinajstić information content (AvgIpc) is 3.25. The summed E-state index contributed by atoms with van der Waals surface area (Å²) in [7, 11) is 1.65. The molecule has 0 saturated carbocycles.